The number of hydrogen-bond acceptors (Lipinski definition) is 3. The van der Waals surface area contributed by atoms with Gasteiger partial charge in [0.2, 0.25) is 5.91 Å². The first-order valence-electron chi connectivity index (χ1n) is 7.49. The van der Waals surface area contributed by atoms with Crippen LogP contribution in [0.2, 0.25) is 0 Å². The summed E-state index contributed by atoms with van der Waals surface area (Å²) >= 11 is 0. The number of anilines is 1. The van der Waals surface area contributed by atoms with Crippen molar-refractivity contribution in [1.82, 2.24) is 4.90 Å². The van der Waals surface area contributed by atoms with Gasteiger partial charge in [-0.2, -0.15) is 5.26 Å². The summed E-state index contributed by atoms with van der Waals surface area (Å²) in [6.07, 6.45) is 1.22. The van der Waals surface area contributed by atoms with Gasteiger partial charge in [-0.25, -0.2) is 0 Å². The highest BCUT2D eigenvalue weighted by atomic mass is 16.2. The van der Waals surface area contributed by atoms with E-state index in [0.29, 0.717) is 17.2 Å². The number of nitriles is 1. The highest BCUT2D eigenvalue weighted by Gasteiger charge is 2.39. The lowest BCUT2D eigenvalue weighted by Crippen LogP contribution is -2.34. The number of rotatable bonds is 5. The molecule has 0 aliphatic heterocycles. The van der Waals surface area contributed by atoms with Crippen LogP contribution in [0.5, 0.6) is 0 Å². The third-order valence-electron chi connectivity index (χ3n) is 4.19. The van der Waals surface area contributed by atoms with Crippen LogP contribution in [0, 0.1) is 23.2 Å². The molecule has 0 radical (unpaired) electrons. The molecule has 0 spiro atoms. The third kappa shape index (κ3) is 3.64. The van der Waals surface area contributed by atoms with Crippen molar-refractivity contribution in [1.29, 1.82) is 5.26 Å². The summed E-state index contributed by atoms with van der Waals surface area (Å²) in [6.45, 7) is 3.89. The van der Waals surface area contributed by atoms with Gasteiger partial charge in [-0.3, -0.25) is 9.59 Å². The van der Waals surface area contributed by atoms with E-state index in [0.717, 1.165) is 6.42 Å². The van der Waals surface area contributed by atoms with Crippen molar-refractivity contribution in [3.63, 3.8) is 0 Å². The molecule has 2 rings (SSSR count). The molecule has 1 aromatic carbocycles. The van der Waals surface area contributed by atoms with E-state index in [-0.39, 0.29) is 30.2 Å². The first-order valence-corrected chi connectivity index (χ1v) is 7.49. The fraction of sp³-hybridized carbons (Fsp3) is 0.471. The molecule has 5 nitrogen and oxygen atoms in total. The number of hydrogen-bond donors (Lipinski definition) is 1. The summed E-state index contributed by atoms with van der Waals surface area (Å²) in [7, 11) is 1.68. The average molecular weight is 299 g/mol. The molecule has 0 aromatic heterocycles. The predicted molar refractivity (Wildman–Crippen MR) is 84.1 cm³/mol. The Bertz CT molecular complexity index is 621. The Balaban J connectivity index is 2.06. The second kappa shape index (κ2) is 6.61. The maximum absolute atomic E-state index is 12.4. The molecule has 1 aromatic rings. The monoisotopic (exact) mass is 299 g/mol. The van der Waals surface area contributed by atoms with Crippen molar-refractivity contribution in [3.05, 3.63) is 29.8 Å². The summed E-state index contributed by atoms with van der Waals surface area (Å²) < 4.78 is 0. The lowest BCUT2D eigenvalue weighted by Gasteiger charge is -2.23. The molecule has 116 valence electrons. The van der Waals surface area contributed by atoms with E-state index in [1.54, 1.807) is 36.2 Å². The minimum absolute atomic E-state index is 0.0169. The third-order valence-corrected chi connectivity index (χ3v) is 4.19. The zero-order valence-electron chi connectivity index (χ0n) is 13.2. The molecule has 1 N–H and O–H groups in total. The quantitative estimate of drug-likeness (QED) is 0.908. The Hall–Kier alpha value is -2.35. The van der Waals surface area contributed by atoms with Crippen molar-refractivity contribution in [2.45, 2.75) is 32.7 Å². The highest BCUT2D eigenvalue weighted by molar-refractivity contribution is 5.98. The van der Waals surface area contributed by atoms with E-state index >= 15 is 0 Å². The highest BCUT2D eigenvalue weighted by Crippen LogP contribution is 2.38. The number of nitrogens with zero attached hydrogens (tertiary/aromatic N) is 2. The molecule has 3 unspecified atom stereocenters. The molecule has 1 aliphatic carbocycles. The van der Waals surface area contributed by atoms with E-state index in [9.17, 15) is 9.59 Å². The molecule has 1 aliphatic rings. The standard InChI is InChI=1S/C17H21N3O2/c1-11-9-15(11)16(21)19-14-6-4-5-13(10-14)17(22)20(3)12(2)7-8-18/h4-6,10-12,15H,7,9H2,1-3H3,(H,19,21). The van der Waals surface area contributed by atoms with Gasteiger partial charge < -0.3 is 10.2 Å². The van der Waals surface area contributed by atoms with Gasteiger partial charge in [-0.05, 0) is 37.5 Å². The number of nitrogens with one attached hydrogen (secondary N) is 1. The van der Waals surface area contributed by atoms with Crippen LogP contribution in [0.25, 0.3) is 0 Å². The van der Waals surface area contributed by atoms with Gasteiger partial charge in [0.15, 0.2) is 0 Å². The zero-order chi connectivity index (χ0) is 16.3. The van der Waals surface area contributed by atoms with Crippen LogP contribution in [-0.4, -0.2) is 29.8 Å². The Labute approximate surface area is 130 Å². The van der Waals surface area contributed by atoms with E-state index in [1.165, 1.54) is 0 Å². The average Bonchev–Trinajstić information content (AvgIpc) is 3.23. The van der Waals surface area contributed by atoms with Gasteiger partial charge >= 0.3 is 0 Å². The van der Waals surface area contributed by atoms with Crippen LogP contribution in [0.3, 0.4) is 0 Å². The lowest BCUT2D eigenvalue weighted by atomic mass is 10.1. The Morgan fingerprint density at radius 3 is 2.77 bits per heavy atom. The molecule has 1 fully saturated rings. The number of carbonyl (C=O) groups excluding carboxylic acids is 2. The summed E-state index contributed by atoms with van der Waals surface area (Å²) in [5.74, 6) is 0.405. The topological polar surface area (TPSA) is 73.2 Å². The first kappa shape index (κ1) is 16.0. The van der Waals surface area contributed by atoms with Gasteiger partial charge in [0.25, 0.3) is 5.91 Å². The van der Waals surface area contributed by atoms with E-state index in [4.69, 9.17) is 5.26 Å². The van der Waals surface area contributed by atoms with Crippen molar-refractivity contribution in [2.24, 2.45) is 11.8 Å². The second-order valence-electron chi connectivity index (χ2n) is 6.02. The maximum Gasteiger partial charge on any atom is 0.253 e. The zero-order valence-corrected chi connectivity index (χ0v) is 13.2. The Morgan fingerprint density at radius 1 is 1.50 bits per heavy atom. The number of carbonyl (C=O) groups is 2. The molecule has 3 atom stereocenters. The smallest absolute Gasteiger partial charge is 0.253 e. The van der Waals surface area contributed by atoms with Crippen LogP contribution in [0.15, 0.2) is 24.3 Å². The van der Waals surface area contributed by atoms with Crippen molar-refractivity contribution >= 4 is 17.5 Å². The van der Waals surface area contributed by atoms with Gasteiger partial charge in [0.1, 0.15) is 0 Å². The minimum Gasteiger partial charge on any atom is -0.338 e. The summed E-state index contributed by atoms with van der Waals surface area (Å²) in [6, 6.07) is 8.84. The SMILES string of the molecule is CC1CC1C(=O)Nc1cccc(C(=O)N(C)C(C)CC#N)c1. The minimum atomic E-state index is -0.154. The molecule has 0 bridgehead atoms. The van der Waals surface area contributed by atoms with Gasteiger partial charge in [0.05, 0.1) is 12.5 Å². The molecule has 0 heterocycles. The van der Waals surface area contributed by atoms with Crippen molar-refractivity contribution in [3.8, 4) is 6.07 Å². The fourth-order valence-corrected chi connectivity index (χ4v) is 2.33. The summed E-state index contributed by atoms with van der Waals surface area (Å²) in [4.78, 5) is 25.9. The molecular weight excluding hydrogens is 278 g/mol. The maximum atomic E-state index is 12.4. The summed E-state index contributed by atoms with van der Waals surface area (Å²) in [5.41, 5.74) is 1.14. The Kier molecular flexibility index (Phi) is 4.81. The normalized spacial score (nSPS) is 20.6. The van der Waals surface area contributed by atoms with Gasteiger partial charge in [0, 0.05) is 30.3 Å². The van der Waals surface area contributed by atoms with Crippen molar-refractivity contribution in [2.75, 3.05) is 12.4 Å². The largest absolute Gasteiger partial charge is 0.338 e. The molecular formula is C17H21N3O2. The first-order chi connectivity index (χ1) is 10.4. The van der Waals surface area contributed by atoms with Crippen LogP contribution < -0.4 is 5.32 Å². The van der Waals surface area contributed by atoms with E-state index in [1.807, 2.05) is 6.92 Å². The number of benzene rings is 1. The Morgan fingerprint density at radius 2 is 2.18 bits per heavy atom. The van der Waals surface area contributed by atoms with E-state index < -0.39 is 0 Å². The van der Waals surface area contributed by atoms with Gasteiger partial charge in [-0.1, -0.05) is 13.0 Å². The lowest BCUT2D eigenvalue weighted by molar-refractivity contribution is -0.117. The van der Waals surface area contributed by atoms with Crippen molar-refractivity contribution < 1.29 is 9.59 Å². The van der Waals surface area contributed by atoms with Gasteiger partial charge in [-0.15, -0.1) is 0 Å². The number of amides is 2. The molecule has 0 saturated heterocycles. The molecule has 22 heavy (non-hydrogen) atoms. The second-order valence-corrected chi connectivity index (χ2v) is 6.02. The summed E-state index contributed by atoms with van der Waals surface area (Å²) in [5, 5.41) is 11.6. The van der Waals surface area contributed by atoms with Crippen LogP contribution in [0.1, 0.15) is 37.0 Å². The van der Waals surface area contributed by atoms with E-state index in [2.05, 4.69) is 18.3 Å². The fourth-order valence-electron chi connectivity index (χ4n) is 2.33. The molecule has 2 amide bonds. The predicted octanol–water partition coefficient (Wildman–Crippen LogP) is 2.66. The molecule has 1 saturated carbocycles. The molecule has 5 heteroatoms. The van der Waals surface area contributed by atoms with Crippen LogP contribution in [-0.2, 0) is 4.79 Å². The van der Waals surface area contributed by atoms with Crippen LogP contribution in [0.4, 0.5) is 5.69 Å². The van der Waals surface area contributed by atoms with Crippen LogP contribution >= 0.6 is 0 Å².